The number of fused-ring (bicyclic) bond motifs is 1. The van der Waals surface area contributed by atoms with Crippen LogP contribution in [0.5, 0.6) is 0 Å². The number of aryl methyl sites for hydroxylation is 2. The first kappa shape index (κ1) is 19.8. The number of rotatable bonds is 5. The van der Waals surface area contributed by atoms with Gasteiger partial charge in [0, 0.05) is 25.2 Å². The Labute approximate surface area is 180 Å². The van der Waals surface area contributed by atoms with Crippen LogP contribution in [0.1, 0.15) is 41.7 Å². The van der Waals surface area contributed by atoms with E-state index in [1.54, 1.807) is 0 Å². The van der Waals surface area contributed by atoms with Crippen molar-refractivity contribution in [1.29, 1.82) is 0 Å². The Morgan fingerprint density at radius 2 is 1.77 bits per heavy atom. The Balaban J connectivity index is 1.25. The van der Waals surface area contributed by atoms with E-state index >= 15 is 0 Å². The van der Waals surface area contributed by atoms with E-state index in [0.29, 0.717) is 12.6 Å². The molecule has 0 atom stereocenters. The summed E-state index contributed by atoms with van der Waals surface area (Å²) in [6, 6.07) is 13.7. The zero-order valence-corrected chi connectivity index (χ0v) is 17.9. The SMILES string of the molecule is Cc1ccc(Cn2nnnc2CN2CCC(n3c(C)nc4cc(F)ccc43)CC2)cc1. The van der Waals surface area contributed by atoms with Gasteiger partial charge in [-0.05, 0) is 54.8 Å². The first-order valence-electron chi connectivity index (χ1n) is 10.7. The third kappa shape index (κ3) is 4.07. The maximum atomic E-state index is 13.6. The molecular weight excluding hydrogens is 393 g/mol. The van der Waals surface area contributed by atoms with Crippen LogP contribution in [0.25, 0.3) is 11.0 Å². The highest BCUT2D eigenvalue weighted by Crippen LogP contribution is 2.29. The summed E-state index contributed by atoms with van der Waals surface area (Å²) in [4.78, 5) is 6.97. The summed E-state index contributed by atoms with van der Waals surface area (Å²) in [7, 11) is 0. The lowest BCUT2D eigenvalue weighted by Gasteiger charge is -2.33. The van der Waals surface area contributed by atoms with Gasteiger partial charge in [-0.1, -0.05) is 29.8 Å². The fourth-order valence-corrected chi connectivity index (χ4v) is 4.51. The highest BCUT2D eigenvalue weighted by Gasteiger charge is 2.24. The fourth-order valence-electron chi connectivity index (χ4n) is 4.51. The molecule has 3 heterocycles. The van der Waals surface area contributed by atoms with Crippen LogP contribution in [0.2, 0.25) is 0 Å². The van der Waals surface area contributed by atoms with E-state index in [1.165, 1.54) is 23.3 Å². The second kappa shape index (κ2) is 8.19. The highest BCUT2D eigenvalue weighted by molar-refractivity contribution is 5.76. The molecule has 4 aromatic rings. The number of piperidine rings is 1. The van der Waals surface area contributed by atoms with Crippen molar-refractivity contribution in [2.75, 3.05) is 13.1 Å². The molecule has 7 nitrogen and oxygen atoms in total. The van der Waals surface area contributed by atoms with Gasteiger partial charge in [-0.25, -0.2) is 14.1 Å². The Kier molecular flexibility index (Phi) is 5.23. The minimum Gasteiger partial charge on any atom is -0.325 e. The molecule has 0 aliphatic carbocycles. The predicted molar refractivity (Wildman–Crippen MR) is 116 cm³/mol. The summed E-state index contributed by atoms with van der Waals surface area (Å²) in [6.45, 7) is 7.42. The molecule has 1 saturated heterocycles. The smallest absolute Gasteiger partial charge is 0.165 e. The van der Waals surface area contributed by atoms with Crippen LogP contribution in [0.3, 0.4) is 0 Å². The van der Waals surface area contributed by atoms with Crippen molar-refractivity contribution >= 4 is 11.0 Å². The largest absolute Gasteiger partial charge is 0.325 e. The van der Waals surface area contributed by atoms with E-state index in [2.05, 4.69) is 61.2 Å². The molecule has 160 valence electrons. The van der Waals surface area contributed by atoms with E-state index in [1.807, 2.05) is 17.7 Å². The van der Waals surface area contributed by atoms with Gasteiger partial charge >= 0.3 is 0 Å². The topological polar surface area (TPSA) is 64.7 Å². The maximum Gasteiger partial charge on any atom is 0.165 e. The molecule has 2 aromatic carbocycles. The van der Waals surface area contributed by atoms with Crippen LogP contribution in [-0.4, -0.2) is 47.7 Å². The van der Waals surface area contributed by atoms with Crippen molar-refractivity contribution in [3.63, 3.8) is 0 Å². The van der Waals surface area contributed by atoms with Gasteiger partial charge in [-0.3, -0.25) is 4.90 Å². The van der Waals surface area contributed by atoms with Gasteiger partial charge in [0.2, 0.25) is 0 Å². The van der Waals surface area contributed by atoms with Crippen molar-refractivity contribution in [2.45, 2.75) is 45.8 Å². The normalized spacial score (nSPS) is 15.7. The van der Waals surface area contributed by atoms with Crippen LogP contribution in [0, 0.1) is 19.7 Å². The number of nitrogens with zero attached hydrogens (tertiary/aromatic N) is 7. The molecule has 31 heavy (non-hydrogen) atoms. The van der Waals surface area contributed by atoms with Gasteiger partial charge in [-0.15, -0.1) is 5.10 Å². The molecule has 0 amide bonds. The average molecular weight is 420 g/mol. The molecule has 1 fully saturated rings. The molecule has 1 aliphatic rings. The number of aromatic nitrogens is 6. The number of likely N-dealkylation sites (tertiary alicyclic amines) is 1. The monoisotopic (exact) mass is 419 g/mol. The molecule has 0 unspecified atom stereocenters. The Morgan fingerprint density at radius 3 is 2.55 bits per heavy atom. The summed E-state index contributed by atoms with van der Waals surface area (Å²) in [6.07, 6.45) is 2.03. The summed E-state index contributed by atoms with van der Waals surface area (Å²) in [5.41, 5.74) is 4.18. The van der Waals surface area contributed by atoms with E-state index in [-0.39, 0.29) is 5.82 Å². The zero-order chi connectivity index (χ0) is 21.4. The van der Waals surface area contributed by atoms with E-state index in [0.717, 1.165) is 55.2 Å². The van der Waals surface area contributed by atoms with Crippen LogP contribution in [-0.2, 0) is 13.1 Å². The molecule has 0 bridgehead atoms. The molecular formula is C23H26FN7. The lowest BCUT2D eigenvalue weighted by molar-refractivity contribution is 0.174. The van der Waals surface area contributed by atoms with Crippen molar-refractivity contribution in [2.24, 2.45) is 0 Å². The van der Waals surface area contributed by atoms with Crippen LogP contribution >= 0.6 is 0 Å². The fraction of sp³-hybridized carbons (Fsp3) is 0.391. The third-order valence-electron chi connectivity index (χ3n) is 6.17. The quantitative estimate of drug-likeness (QED) is 0.494. The first-order chi connectivity index (χ1) is 15.1. The minimum atomic E-state index is -0.240. The standard InChI is InChI=1S/C23H26FN7/c1-16-3-5-18(6-4-16)14-30-23(26-27-28-30)15-29-11-9-20(10-12-29)31-17(2)25-21-13-19(24)7-8-22(21)31/h3-8,13,20H,9-12,14-15H2,1-2H3. The number of imidazole rings is 1. The first-order valence-corrected chi connectivity index (χ1v) is 10.7. The predicted octanol–water partition coefficient (Wildman–Crippen LogP) is 3.66. The lowest BCUT2D eigenvalue weighted by atomic mass is 10.0. The highest BCUT2D eigenvalue weighted by atomic mass is 19.1. The molecule has 1 aliphatic heterocycles. The lowest BCUT2D eigenvalue weighted by Crippen LogP contribution is -2.35. The summed E-state index contributed by atoms with van der Waals surface area (Å²) in [5, 5.41) is 12.4. The molecule has 0 saturated carbocycles. The second-order valence-corrected chi connectivity index (χ2v) is 8.41. The molecule has 5 rings (SSSR count). The van der Waals surface area contributed by atoms with Crippen LogP contribution in [0.4, 0.5) is 4.39 Å². The Morgan fingerprint density at radius 1 is 1.00 bits per heavy atom. The van der Waals surface area contributed by atoms with E-state index in [4.69, 9.17) is 0 Å². The number of benzene rings is 2. The molecule has 0 spiro atoms. The summed E-state index contributed by atoms with van der Waals surface area (Å²) >= 11 is 0. The number of halogens is 1. The van der Waals surface area contributed by atoms with Crippen LogP contribution < -0.4 is 0 Å². The molecule has 2 aromatic heterocycles. The van der Waals surface area contributed by atoms with E-state index < -0.39 is 0 Å². The van der Waals surface area contributed by atoms with Crippen molar-refractivity contribution in [3.8, 4) is 0 Å². The number of hydrogen-bond donors (Lipinski definition) is 0. The molecule has 0 radical (unpaired) electrons. The summed E-state index contributed by atoms with van der Waals surface area (Å²) < 4.78 is 17.7. The van der Waals surface area contributed by atoms with Gasteiger partial charge in [0.25, 0.3) is 0 Å². The number of hydrogen-bond acceptors (Lipinski definition) is 5. The maximum absolute atomic E-state index is 13.6. The van der Waals surface area contributed by atoms with Gasteiger partial charge < -0.3 is 4.57 Å². The molecule has 0 N–H and O–H groups in total. The summed E-state index contributed by atoms with van der Waals surface area (Å²) in [5.74, 6) is 1.59. The second-order valence-electron chi connectivity index (χ2n) is 8.41. The minimum absolute atomic E-state index is 0.240. The van der Waals surface area contributed by atoms with E-state index in [9.17, 15) is 4.39 Å². The zero-order valence-electron chi connectivity index (χ0n) is 17.9. The van der Waals surface area contributed by atoms with Crippen molar-refractivity contribution in [1.82, 2.24) is 34.7 Å². The average Bonchev–Trinajstić information content (AvgIpc) is 3.33. The Bertz CT molecular complexity index is 1190. The molecule has 8 heteroatoms. The van der Waals surface area contributed by atoms with Crippen molar-refractivity contribution in [3.05, 3.63) is 71.1 Å². The van der Waals surface area contributed by atoms with Crippen molar-refractivity contribution < 1.29 is 4.39 Å². The van der Waals surface area contributed by atoms with Gasteiger partial charge in [0.15, 0.2) is 5.82 Å². The third-order valence-corrected chi connectivity index (χ3v) is 6.17. The van der Waals surface area contributed by atoms with Gasteiger partial charge in [-0.2, -0.15) is 0 Å². The van der Waals surface area contributed by atoms with Gasteiger partial charge in [0.05, 0.1) is 24.1 Å². The number of tetrazole rings is 1. The Hall–Kier alpha value is -3.13. The van der Waals surface area contributed by atoms with Crippen LogP contribution in [0.15, 0.2) is 42.5 Å². The van der Waals surface area contributed by atoms with Gasteiger partial charge in [0.1, 0.15) is 11.6 Å².